The molecule has 1 N–H and O–H groups in total. The molecule has 0 fully saturated rings. The number of aromatic nitrogens is 2. The first-order valence-corrected chi connectivity index (χ1v) is 10.1. The summed E-state index contributed by atoms with van der Waals surface area (Å²) in [6, 6.07) is 12.2. The Labute approximate surface area is 162 Å². The van der Waals surface area contributed by atoms with Gasteiger partial charge >= 0.3 is 0 Å². The third-order valence-electron chi connectivity index (χ3n) is 3.72. The summed E-state index contributed by atoms with van der Waals surface area (Å²) >= 11 is 6.09. The van der Waals surface area contributed by atoms with Crippen molar-refractivity contribution in [3.05, 3.63) is 58.9 Å². The zero-order valence-electron chi connectivity index (χ0n) is 14.8. The smallest absolute Gasteiger partial charge is 0.247 e. The molecule has 9 heteroatoms. The third-order valence-corrected chi connectivity index (χ3v) is 5.54. The van der Waals surface area contributed by atoms with E-state index in [1.165, 1.54) is 6.07 Å². The monoisotopic (exact) mass is 407 g/mol. The molecule has 0 saturated heterocycles. The van der Waals surface area contributed by atoms with Crippen LogP contribution >= 0.6 is 11.6 Å². The number of sulfonamides is 1. The van der Waals surface area contributed by atoms with Gasteiger partial charge < -0.3 is 9.15 Å². The summed E-state index contributed by atoms with van der Waals surface area (Å²) in [5, 5.41) is 8.15. The van der Waals surface area contributed by atoms with Crippen LogP contribution in [0, 0.1) is 6.92 Å². The van der Waals surface area contributed by atoms with E-state index in [1.54, 1.807) is 19.9 Å². The van der Waals surface area contributed by atoms with Crippen molar-refractivity contribution in [3.63, 3.8) is 0 Å². The minimum Gasteiger partial charge on any atom is -0.492 e. The molecule has 0 amide bonds. The van der Waals surface area contributed by atoms with Gasteiger partial charge in [0.15, 0.2) is 0 Å². The quantitative estimate of drug-likeness (QED) is 0.643. The molecule has 3 rings (SSSR count). The lowest BCUT2D eigenvalue weighted by Gasteiger charge is -2.13. The Bertz CT molecular complexity index is 1040. The summed E-state index contributed by atoms with van der Waals surface area (Å²) in [7, 11) is -3.89. The molecule has 0 atom stereocenters. The molecular formula is C18H18ClN3O4S. The highest BCUT2D eigenvalue weighted by atomic mass is 35.5. The summed E-state index contributed by atoms with van der Waals surface area (Å²) in [5.41, 5.74) is 1.48. The fourth-order valence-corrected chi connectivity index (χ4v) is 3.73. The number of ether oxygens (including phenoxy) is 1. The van der Waals surface area contributed by atoms with Crippen molar-refractivity contribution in [2.24, 2.45) is 0 Å². The van der Waals surface area contributed by atoms with Gasteiger partial charge in [0, 0.05) is 10.6 Å². The number of hydrogen-bond donors (Lipinski definition) is 1. The Morgan fingerprint density at radius 2 is 1.93 bits per heavy atom. The maximum absolute atomic E-state index is 12.7. The molecule has 0 spiro atoms. The van der Waals surface area contributed by atoms with Gasteiger partial charge in [0.2, 0.25) is 21.8 Å². The van der Waals surface area contributed by atoms with Gasteiger partial charge in [-0.15, -0.1) is 10.2 Å². The Morgan fingerprint density at radius 3 is 2.63 bits per heavy atom. The number of nitrogens with zero attached hydrogens (tertiary/aromatic N) is 2. The van der Waals surface area contributed by atoms with Crippen LogP contribution in [0.15, 0.2) is 51.8 Å². The maximum Gasteiger partial charge on any atom is 0.247 e. The molecule has 27 heavy (non-hydrogen) atoms. The minimum atomic E-state index is -3.89. The van der Waals surface area contributed by atoms with Crippen LogP contribution in [0.5, 0.6) is 5.75 Å². The van der Waals surface area contributed by atoms with Crippen LogP contribution in [0.25, 0.3) is 11.5 Å². The van der Waals surface area contributed by atoms with E-state index in [-0.39, 0.29) is 23.1 Å². The van der Waals surface area contributed by atoms with E-state index in [4.69, 9.17) is 20.8 Å². The van der Waals surface area contributed by atoms with Crippen LogP contribution in [-0.4, -0.2) is 25.2 Å². The largest absolute Gasteiger partial charge is 0.492 e. The van der Waals surface area contributed by atoms with Gasteiger partial charge in [-0.2, -0.15) is 0 Å². The van der Waals surface area contributed by atoms with E-state index in [0.717, 1.165) is 11.1 Å². The van der Waals surface area contributed by atoms with E-state index >= 15 is 0 Å². The van der Waals surface area contributed by atoms with Gasteiger partial charge in [-0.3, -0.25) is 0 Å². The summed E-state index contributed by atoms with van der Waals surface area (Å²) in [6.07, 6.45) is 0. The summed E-state index contributed by atoms with van der Waals surface area (Å²) in [4.78, 5) is -0.0391. The van der Waals surface area contributed by atoms with Gasteiger partial charge in [0.1, 0.15) is 10.6 Å². The standard InChI is InChI=1S/C18H18ClN3O4S/c1-3-25-15-9-12(2)14(19)10-16(15)27(23,24)20-11-17-21-22-18(26-17)13-7-5-4-6-8-13/h4-10,20H,3,11H2,1-2H3. The number of hydrogen-bond acceptors (Lipinski definition) is 6. The highest BCUT2D eigenvalue weighted by Crippen LogP contribution is 2.30. The van der Waals surface area contributed by atoms with Gasteiger partial charge in [-0.25, -0.2) is 13.1 Å². The predicted octanol–water partition coefficient (Wildman–Crippen LogP) is 3.58. The van der Waals surface area contributed by atoms with E-state index in [0.29, 0.717) is 17.5 Å². The Morgan fingerprint density at radius 1 is 1.19 bits per heavy atom. The molecule has 1 heterocycles. The molecule has 7 nitrogen and oxygen atoms in total. The fraction of sp³-hybridized carbons (Fsp3) is 0.222. The topological polar surface area (TPSA) is 94.3 Å². The first kappa shape index (κ1) is 19.3. The Balaban J connectivity index is 1.80. The molecule has 0 bridgehead atoms. The molecule has 0 aliphatic rings. The lowest BCUT2D eigenvalue weighted by atomic mass is 10.2. The van der Waals surface area contributed by atoms with Crippen LogP contribution in [0.1, 0.15) is 18.4 Å². The van der Waals surface area contributed by atoms with E-state index < -0.39 is 10.0 Å². The van der Waals surface area contributed by atoms with Crippen LogP contribution in [0.2, 0.25) is 5.02 Å². The van der Waals surface area contributed by atoms with Crippen molar-refractivity contribution < 1.29 is 17.6 Å². The average molecular weight is 408 g/mol. The Hall–Kier alpha value is -2.42. The second-order valence-corrected chi connectivity index (χ2v) is 7.82. The molecule has 142 valence electrons. The van der Waals surface area contributed by atoms with Crippen LogP contribution in [0.4, 0.5) is 0 Å². The van der Waals surface area contributed by atoms with Crippen LogP contribution in [-0.2, 0) is 16.6 Å². The molecule has 0 saturated carbocycles. The first-order valence-electron chi connectivity index (χ1n) is 8.21. The zero-order valence-corrected chi connectivity index (χ0v) is 16.3. The lowest BCUT2D eigenvalue weighted by Crippen LogP contribution is -2.24. The molecule has 2 aromatic carbocycles. The molecule has 0 aliphatic carbocycles. The summed E-state index contributed by atoms with van der Waals surface area (Å²) in [5.74, 6) is 0.703. The lowest BCUT2D eigenvalue weighted by molar-refractivity contribution is 0.330. The SMILES string of the molecule is CCOc1cc(C)c(Cl)cc1S(=O)(=O)NCc1nnc(-c2ccccc2)o1. The van der Waals surface area contributed by atoms with E-state index in [9.17, 15) is 8.42 Å². The van der Waals surface area contributed by atoms with Crippen molar-refractivity contribution in [1.82, 2.24) is 14.9 Å². The number of benzene rings is 2. The maximum atomic E-state index is 12.7. The molecular weight excluding hydrogens is 390 g/mol. The van der Waals surface area contributed by atoms with Crippen molar-refractivity contribution in [2.45, 2.75) is 25.3 Å². The molecule has 0 radical (unpaired) electrons. The number of nitrogens with one attached hydrogen (secondary N) is 1. The number of rotatable bonds is 7. The van der Waals surface area contributed by atoms with Gasteiger partial charge in [0.25, 0.3) is 0 Å². The third kappa shape index (κ3) is 4.47. The van der Waals surface area contributed by atoms with E-state index in [1.807, 2.05) is 30.3 Å². The minimum absolute atomic E-state index is 0.0391. The Kier molecular flexibility index (Phi) is 5.79. The van der Waals surface area contributed by atoms with Gasteiger partial charge in [-0.05, 0) is 43.7 Å². The zero-order chi connectivity index (χ0) is 19.4. The van der Waals surface area contributed by atoms with Gasteiger partial charge in [-0.1, -0.05) is 29.8 Å². The van der Waals surface area contributed by atoms with Gasteiger partial charge in [0.05, 0.1) is 13.2 Å². The second-order valence-electron chi connectivity index (χ2n) is 5.67. The fourth-order valence-electron chi connectivity index (χ4n) is 2.37. The predicted molar refractivity (Wildman–Crippen MR) is 101 cm³/mol. The summed E-state index contributed by atoms with van der Waals surface area (Å²) in [6.45, 7) is 3.72. The highest BCUT2D eigenvalue weighted by molar-refractivity contribution is 7.89. The van der Waals surface area contributed by atoms with Crippen LogP contribution < -0.4 is 9.46 Å². The molecule has 3 aromatic rings. The van der Waals surface area contributed by atoms with Crippen molar-refractivity contribution >= 4 is 21.6 Å². The van der Waals surface area contributed by atoms with Crippen LogP contribution in [0.3, 0.4) is 0 Å². The molecule has 0 unspecified atom stereocenters. The molecule has 1 aromatic heterocycles. The average Bonchev–Trinajstić information content (AvgIpc) is 3.13. The number of aryl methyl sites for hydroxylation is 1. The van der Waals surface area contributed by atoms with E-state index in [2.05, 4.69) is 14.9 Å². The molecule has 0 aliphatic heterocycles. The highest BCUT2D eigenvalue weighted by Gasteiger charge is 2.22. The van der Waals surface area contributed by atoms with Crippen molar-refractivity contribution in [2.75, 3.05) is 6.61 Å². The first-order chi connectivity index (χ1) is 12.9. The number of halogens is 1. The second kappa shape index (κ2) is 8.08. The summed E-state index contributed by atoms with van der Waals surface area (Å²) < 4.78 is 38.8. The van der Waals surface area contributed by atoms with Crippen molar-refractivity contribution in [3.8, 4) is 17.2 Å². The van der Waals surface area contributed by atoms with Crippen molar-refractivity contribution in [1.29, 1.82) is 0 Å². The normalized spacial score (nSPS) is 11.5.